The Kier molecular flexibility index (Phi) is 6.67. The van der Waals surface area contributed by atoms with E-state index in [9.17, 15) is 8.42 Å². The summed E-state index contributed by atoms with van der Waals surface area (Å²) < 4.78 is 33.9. The van der Waals surface area contributed by atoms with Crippen LogP contribution in [0.5, 0.6) is 5.88 Å². The first-order chi connectivity index (χ1) is 14.1. The average molecular weight is 433 g/mol. The van der Waals surface area contributed by atoms with Crippen molar-refractivity contribution in [3.05, 3.63) is 41.2 Å². The molecule has 2 heterocycles. The van der Waals surface area contributed by atoms with E-state index in [1.54, 1.807) is 4.31 Å². The van der Waals surface area contributed by atoms with Crippen molar-refractivity contribution in [2.45, 2.75) is 58.5 Å². The number of hydrogen-bond acceptors (Lipinski definition) is 6. The first-order valence-corrected chi connectivity index (χ1v) is 11.9. The van der Waals surface area contributed by atoms with Gasteiger partial charge >= 0.3 is 0 Å². The van der Waals surface area contributed by atoms with E-state index in [4.69, 9.17) is 4.74 Å². The van der Waals surface area contributed by atoms with Gasteiger partial charge in [-0.25, -0.2) is 13.4 Å². The van der Waals surface area contributed by atoms with Crippen molar-refractivity contribution < 1.29 is 13.2 Å². The van der Waals surface area contributed by atoms with Gasteiger partial charge in [0.05, 0.1) is 11.0 Å². The lowest BCUT2D eigenvalue weighted by Crippen LogP contribution is -2.49. The predicted molar refractivity (Wildman–Crippen MR) is 119 cm³/mol. The van der Waals surface area contributed by atoms with Gasteiger partial charge in [0, 0.05) is 32.2 Å². The van der Waals surface area contributed by atoms with Crippen LogP contribution in [-0.4, -0.2) is 55.0 Å². The maximum atomic E-state index is 13.3. The van der Waals surface area contributed by atoms with E-state index in [0.29, 0.717) is 42.8 Å². The van der Waals surface area contributed by atoms with Crippen LogP contribution in [0.2, 0.25) is 0 Å². The van der Waals surface area contributed by atoms with E-state index in [-0.39, 0.29) is 12.0 Å². The third-order valence-corrected chi connectivity index (χ3v) is 7.26. The molecule has 0 N–H and O–H groups in total. The van der Waals surface area contributed by atoms with Gasteiger partial charge in [0.1, 0.15) is 11.6 Å². The first-order valence-electron chi connectivity index (χ1n) is 10.5. The van der Waals surface area contributed by atoms with Crippen LogP contribution in [-0.2, 0) is 10.0 Å². The molecule has 0 unspecified atom stereocenters. The second-order valence-corrected chi connectivity index (χ2v) is 10.3. The molecule has 0 radical (unpaired) electrons. The largest absolute Gasteiger partial charge is 0.475 e. The third-order valence-electron chi connectivity index (χ3n) is 5.22. The van der Waals surface area contributed by atoms with E-state index >= 15 is 0 Å². The van der Waals surface area contributed by atoms with Crippen LogP contribution >= 0.6 is 0 Å². The standard InChI is InChI=1S/C22H32N4O3S/c1-15(2)19-8-7-17(5)20(13-19)30(27,28)26-11-9-25(10-12-26)21-14-22(29-16(3)4)24-18(6)23-21/h7-8,13-16H,9-12H2,1-6H3. The van der Waals surface area contributed by atoms with Crippen molar-refractivity contribution in [2.24, 2.45) is 0 Å². The molecule has 8 heteroatoms. The van der Waals surface area contributed by atoms with E-state index in [1.807, 2.05) is 52.0 Å². The quantitative estimate of drug-likeness (QED) is 0.695. The molecule has 2 aromatic rings. The molecule has 30 heavy (non-hydrogen) atoms. The molecular weight excluding hydrogens is 400 g/mol. The highest BCUT2D eigenvalue weighted by Gasteiger charge is 2.30. The smallest absolute Gasteiger partial charge is 0.243 e. The van der Waals surface area contributed by atoms with Crippen molar-refractivity contribution in [1.82, 2.24) is 14.3 Å². The van der Waals surface area contributed by atoms with Gasteiger partial charge in [-0.15, -0.1) is 0 Å². The molecule has 0 amide bonds. The highest BCUT2D eigenvalue weighted by Crippen LogP contribution is 2.27. The lowest BCUT2D eigenvalue weighted by Gasteiger charge is -2.35. The Labute approximate surface area is 180 Å². The van der Waals surface area contributed by atoms with Crippen LogP contribution in [0.25, 0.3) is 0 Å². The average Bonchev–Trinajstić information content (AvgIpc) is 2.67. The third kappa shape index (κ3) is 4.92. The minimum absolute atomic E-state index is 0.0268. The number of hydrogen-bond donors (Lipinski definition) is 0. The van der Waals surface area contributed by atoms with Crippen LogP contribution in [0.4, 0.5) is 5.82 Å². The number of benzene rings is 1. The van der Waals surface area contributed by atoms with E-state index in [2.05, 4.69) is 28.7 Å². The Bertz CT molecular complexity index is 997. The zero-order chi connectivity index (χ0) is 22.1. The summed E-state index contributed by atoms with van der Waals surface area (Å²) >= 11 is 0. The molecule has 0 aliphatic carbocycles. The van der Waals surface area contributed by atoms with Crippen molar-refractivity contribution >= 4 is 15.8 Å². The van der Waals surface area contributed by atoms with Crippen LogP contribution in [0.15, 0.2) is 29.2 Å². The summed E-state index contributed by atoms with van der Waals surface area (Å²) in [6.45, 7) is 13.7. The number of nitrogens with zero attached hydrogens (tertiary/aromatic N) is 4. The summed E-state index contributed by atoms with van der Waals surface area (Å²) in [5.41, 5.74) is 1.82. The lowest BCUT2D eigenvalue weighted by atomic mass is 10.0. The molecule has 0 atom stereocenters. The normalized spacial score (nSPS) is 15.8. The first kappa shape index (κ1) is 22.5. The molecule has 3 rings (SSSR count). The molecule has 1 aromatic heterocycles. The number of piperazine rings is 1. The maximum Gasteiger partial charge on any atom is 0.243 e. The zero-order valence-corrected chi connectivity index (χ0v) is 19.5. The molecule has 1 fully saturated rings. The topological polar surface area (TPSA) is 75.6 Å². The van der Waals surface area contributed by atoms with Crippen LogP contribution < -0.4 is 9.64 Å². The molecule has 0 spiro atoms. The Morgan fingerprint density at radius 3 is 2.23 bits per heavy atom. The van der Waals surface area contributed by atoms with Crippen molar-refractivity contribution in [3.8, 4) is 5.88 Å². The second-order valence-electron chi connectivity index (χ2n) is 8.35. The fourth-order valence-corrected chi connectivity index (χ4v) is 5.22. The highest BCUT2D eigenvalue weighted by molar-refractivity contribution is 7.89. The summed E-state index contributed by atoms with van der Waals surface area (Å²) in [4.78, 5) is 11.3. The Morgan fingerprint density at radius 2 is 1.63 bits per heavy atom. The SMILES string of the molecule is Cc1nc(OC(C)C)cc(N2CCN(S(=O)(=O)c3cc(C(C)C)ccc3C)CC2)n1. The summed E-state index contributed by atoms with van der Waals surface area (Å²) in [6, 6.07) is 7.56. The highest BCUT2D eigenvalue weighted by atomic mass is 32.2. The number of aryl methyl sites for hydroxylation is 2. The molecule has 0 saturated carbocycles. The van der Waals surface area contributed by atoms with Crippen LogP contribution in [0.1, 0.15) is 50.6 Å². The minimum atomic E-state index is -3.54. The van der Waals surface area contributed by atoms with Crippen LogP contribution in [0, 0.1) is 13.8 Å². The number of rotatable bonds is 6. The molecule has 1 aromatic carbocycles. The summed E-state index contributed by atoms with van der Waals surface area (Å²) in [5, 5.41) is 0. The predicted octanol–water partition coefficient (Wildman–Crippen LogP) is 3.51. The lowest BCUT2D eigenvalue weighted by molar-refractivity contribution is 0.231. The van der Waals surface area contributed by atoms with Crippen molar-refractivity contribution in [3.63, 3.8) is 0 Å². The van der Waals surface area contributed by atoms with Crippen molar-refractivity contribution in [2.75, 3.05) is 31.1 Å². The molecule has 1 saturated heterocycles. The minimum Gasteiger partial charge on any atom is -0.475 e. The summed E-state index contributed by atoms with van der Waals surface area (Å²) in [6.07, 6.45) is 0.0268. The van der Waals surface area contributed by atoms with Gasteiger partial charge in [-0.05, 0) is 50.8 Å². The Morgan fingerprint density at radius 1 is 0.967 bits per heavy atom. The van der Waals surface area contributed by atoms with Gasteiger partial charge < -0.3 is 9.64 Å². The fourth-order valence-electron chi connectivity index (χ4n) is 3.54. The molecule has 1 aliphatic rings. The number of sulfonamides is 1. The Balaban J connectivity index is 1.77. The van der Waals surface area contributed by atoms with Crippen molar-refractivity contribution in [1.29, 1.82) is 0 Å². The zero-order valence-electron chi connectivity index (χ0n) is 18.7. The molecule has 1 aliphatic heterocycles. The molecular formula is C22H32N4O3S. The van der Waals surface area contributed by atoms with E-state index < -0.39 is 10.0 Å². The second kappa shape index (κ2) is 8.89. The molecule has 0 bridgehead atoms. The monoisotopic (exact) mass is 432 g/mol. The van der Waals surface area contributed by atoms with Gasteiger partial charge in [-0.3, -0.25) is 0 Å². The van der Waals surface area contributed by atoms with Gasteiger partial charge in [-0.1, -0.05) is 26.0 Å². The molecule has 7 nitrogen and oxygen atoms in total. The number of ether oxygens (including phenoxy) is 1. The van der Waals surface area contributed by atoms with Crippen LogP contribution in [0.3, 0.4) is 0 Å². The Hall–Kier alpha value is -2.19. The summed E-state index contributed by atoms with van der Waals surface area (Å²) in [7, 11) is -3.54. The number of anilines is 1. The number of aromatic nitrogens is 2. The maximum absolute atomic E-state index is 13.3. The summed E-state index contributed by atoms with van der Waals surface area (Å²) in [5.74, 6) is 2.23. The van der Waals surface area contributed by atoms with Gasteiger partial charge in [0.15, 0.2) is 0 Å². The molecule has 164 valence electrons. The van der Waals surface area contributed by atoms with E-state index in [1.165, 1.54) is 0 Å². The van der Waals surface area contributed by atoms with E-state index in [0.717, 1.165) is 16.9 Å². The van der Waals surface area contributed by atoms with Gasteiger partial charge in [0.25, 0.3) is 0 Å². The van der Waals surface area contributed by atoms with Gasteiger partial charge in [0.2, 0.25) is 15.9 Å². The fraction of sp³-hybridized carbons (Fsp3) is 0.545. The van der Waals surface area contributed by atoms with Gasteiger partial charge in [-0.2, -0.15) is 9.29 Å².